The molecule has 0 atom stereocenters. The van der Waals surface area contributed by atoms with Gasteiger partial charge in [-0.05, 0) is 33.6 Å². The van der Waals surface area contributed by atoms with Gasteiger partial charge in [0, 0.05) is 10.9 Å². The number of anilines is 1. The molecule has 0 unspecified atom stereocenters. The van der Waals surface area contributed by atoms with Crippen molar-refractivity contribution in [3.8, 4) is 0 Å². The first-order chi connectivity index (χ1) is 8.19. The Morgan fingerprint density at radius 3 is 2.59 bits per heavy atom. The molecule has 0 saturated carbocycles. The van der Waals surface area contributed by atoms with Crippen molar-refractivity contribution in [1.29, 1.82) is 0 Å². The van der Waals surface area contributed by atoms with Crippen LogP contribution in [0.2, 0.25) is 0 Å². The molecule has 1 heterocycles. The van der Waals surface area contributed by atoms with Gasteiger partial charge in [0.1, 0.15) is 0 Å². The highest BCUT2D eigenvalue weighted by molar-refractivity contribution is 9.11. The number of halogens is 2. The third-order valence-corrected chi connectivity index (χ3v) is 4.11. The van der Waals surface area contributed by atoms with E-state index >= 15 is 0 Å². The van der Waals surface area contributed by atoms with Crippen LogP contribution in [-0.2, 0) is 5.33 Å². The predicted molar refractivity (Wildman–Crippen MR) is 76.8 cm³/mol. The van der Waals surface area contributed by atoms with Crippen LogP contribution in [-0.4, -0.2) is 10.9 Å². The van der Waals surface area contributed by atoms with Gasteiger partial charge in [-0.2, -0.15) is 0 Å². The summed E-state index contributed by atoms with van der Waals surface area (Å²) >= 11 is 8.04. The van der Waals surface area contributed by atoms with E-state index in [-0.39, 0.29) is 5.91 Å². The Morgan fingerprint density at radius 2 is 2.06 bits per heavy atom. The first-order valence-corrected chi connectivity index (χ1v) is 7.49. The molecule has 0 aliphatic rings. The number of hydrogen-bond donors (Lipinski definition) is 1. The highest BCUT2D eigenvalue weighted by Crippen LogP contribution is 2.23. The van der Waals surface area contributed by atoms with Crippen molar-refractivity contribution in [3.63, 3.8) is 0 Å². The standard InChI is InChI=1S/C11H8Br2N2OS/c12-5-7-1-3-8(4-2-7)10(16)15-11-14-6-9(13)17-11/h1-4,6H,5H2,(H,14,15,16). The van der Waals surface area contributed by atoms with Gasteiger partial charge in [-0.1, -0.05) is 39.4 Å². The van der Waals surface area contributed by atoms with Gasteiger partial charge in [0.25, 0.3) is 5.91 Å². The van der Waals surface area contributed by atoms with Crippen LogP contribution in [0.15, 0.2) is 34.2 Å². The lowest BCUT2D eigenvalue weighted by Gasteiger charge is -2.02. The van der Waals surface area contributed by atoms with Crippen molar-refractivity contribution >= 4 is 54.2 Å². The average molecular weight is 376 g/mol. The van der Waals surface area contributed by atoms with E-state index in [4.69, 9.17) is 0 Å². The maximum Gasteiger partial charge on any atom is 0.257 e. The van der Waals surface area contributed by atoms with Crippen molar-refractivity contribution in [1.82, 2.24) is 4.98 Å². The Labute approximate surface area is 120 Å². The highest BCUT2D eigenvalue weighted by atomic mass is 79.9. The fraction of sp³-hybridized carbons (Fsp3) is 0.0909. The Hall–Kier alpha value is -0.720. The van der Waals surface area contributed by atoms with Gasteiger partial charge in [-0.15, -0.1) is 0 Å². The molecule has 0 aliphatic carbocycles. The summed E-state index contributed by atoms with van der Waals surface area (Å²) in [6.07, 6.45) is 1.66. The number of carbonyl (C=O) groups is 1. The molecule has 0 saturated heterocycles. The Bertz CT molecular complexity index is 525. The summed E-state index contributed by atoms with van der Waals surface area (Å²) in [6, 6.07) is 7.44. The lowest BCUT2D eigenvalue weighted by atomic mass is 10.1. The number of hydrogen-bond acceptors (Lipinski definition) is 3. The lowest BCUT2D eigenvalue weighted by molar-refractivity contribution is 0.102. The van der Waals surface area contributed by atoms with Crippen molar-refractivity contribution in [3.05, 3.63) is 45.4 Å². The molecule has 2 rings (SSSR count). The van der Waals surface area contributed by atoms with Crippen LogP contribution >= 0.6 is 43.2 Å². The zero-order chi connectivity index (χ0) is 12.3. The largest absolute Gasteiger partial charge is 0.298 e. The number of nitrogens with zero attached hydrogens (tertiary/aromatic N) is 1. The van der Waals surface area contributed by atoms with Gasteiger partial charge in [0.2, 0.25) is 0 Å². The molecule has 0 radical (unpaired) electrons. The number of carbonyl (C=O) groups excluding carboxylic acids is 1. The highest BCUT2D eigenvalue weighted by Gasteiger charge is 2.08. The second kappa shape index (κ2) is 5.75. The zero-order valence-electron chi connectivity index (χ0n) is 8.61. The maximum absolute atomic E-state index is 11.9. The number of amides is 1. The molecular weight excluding hydrogens is 368 g/mol. The van der Waals surface area contributed by atoms with Crippen molar-refractivity contribution in [2.75, 3.05) is 5.32 Å². The Morgan fingerprint density at radius 1 is 1.35 bits per heavy atom. The number of benzene rings is 1. The van der Waals surface area contributed by atoms with Crippen LogP contribution in [0, 0.1) is 0 Å². The van der Waals surface area contributed by atoms with Gasteiger partial charge in [-0.3, -0.25) is 10.1 Å². The molecule has 6 heteroatoms. The summed E-state index contributed by atoms with van der Waals surface area (Å²) in [5, 5.41) is 4.12. The van der Waals surface area contributed by atoms with Crippen molar-refractivity contribution in [2.24, 2.45) is 0 Å². The number of nitrogens with one attached hydrogen (secondary N) is 1. The van der Waals surface area contributed by atoms with E-state index in [1.165, 1.54) is 11.3 Å². The van der Waals surface area contributed by atoms with Crippen LogP contribution in [0.1, 0.15) is 15.9 Å². The summed E-state index contributed by atoms with van der Waals surface area (Å²) in [6.45, 7) is 0. The van der Waals surface area contributed by atoms with Crippen molar-refractivity contribution < 1.29 is 4.79 Å². The second-order valence-electron chi connectivity index (χ2n) is 3.25. The van der Waals surface area contributed by atoms with Gasteiger partial charge >= 0.3 is 0 Å². The first-order valence-electron chi connectivity index (χ1n) is 4.76. The minimum absolute atomic E-state index is 0.145. The normalized spacial score (nSPS) is 10.2. The van der Waals surface area contributed by atoms with Crippen LogP contribution in [0.4, 0.5) is 5.13 Å². The molecule has 1 aromatic carbocycles. The Balaban J connectivity index is 2.09. The molecule has 3 nitrogen and oxygen atoms in total. The fourth-order valence-corrected chi connectivity index (χ4v) is 2.70. The van der Waals surface area contributed by atoms with Gasteiger partial charge in [0.05, 0.1) is 9.98 Å². The molecule has 0 fully saturated rings. The van der Waals surface area contributed by atoms with Crippen LogP contribution in [0.5, 0.6) is 0 Å². The summed E-state index contributed by atoms with van der Waals surface area (Å²) < 4.78 is 0.891. The van der Waals surface area contributed by atoms with E-state index in [0.29, 0.717) is 10.7 Å². The monoisotopic (exact) mass is 374 g/mol. The van der Waals surface area contributed by atoms with Gasteiger partial charge in [-0.25, -0.2) is 4.98 Å². The number of alkyl halides is 1. The SMILES string of the molecule is O=C(Nc1ncc(Br)s1)c1ccc(CBr)cc1. The average Bonchev–Trinajstić information content (AvgIpc) is 2.75. The van der Waals surface area contributed by atoms with Gasteiger partial charge in [0.15, 0.2) is 5.13 Å². The minimum Gasteiger partial charge on any atom is -0.298 e. The molecule has 1 aromatic heterocycles. The molecule has 0 aliphatic heterocycles. The second-order valence-corrected chi connectivity index (χ2v) is 6.22. The minimum atomic E-state index is -0.145. The molecule has 17 heavy (non-hydrogen) atoms. The van der Waals surface area contributed by atoms with Crippen LogP contribution in [0.25, 0.3) is 0 Å². The molecular formula is C11H8Br2N2OS. The fourth-order valence-electron chi connectivity index (χ4n) is 1.23. The Kier molecular flexibility index (Phi) is 4.31. The van der Waals surface area contributed by atoms with E-state index in [1.807, 2.05) is 12.1 Å². The zero-order valence-corrected chi connectivity index (χ0v) is 12.6. The van der Waals surface area contributed by atoms with E-state index < -0.39 is 0 Å². The number of aromatic nitrogens is 1. The number of thiazole rings is 1. The molecule has 88 valence electrons. The van der Waals surface area contributed by atoms with Crippen molar-refractivity contribution in [2.45, 2.75) is 5.33 Å². The van der Waals surface area contributed by atoms with E-state index in [9.17, 15) is 4.79 Å². The molecule has 1 N–H and O–H groups in total. The van der Waals surface area contributed by atoms with Crippen LogP contribution in [0.3, 0.4) is 0 Å². The summed E-state index contributed by atoms with van der Waals surface area (Å²) in [5.74, 6) is -0.145. The number of rotatable bonds is 3. The van der Waals surface area contributed by atoms with E-state index in [0.717, 1.165) is 14.7 Å². The lowest BCUT2D eigenvalue weighted by Crippen LogP contribution is -2.11. The van der Waals surface area contributed by atoms with Crippen LogP contribution < -0.4 is 5.32 Å². The summed E-state index contributed by atoms with van der Waals surface area (Å²) in [5.41, 5.74) is 1.76. The summed E-state index contributed by atoms with van der Waals surface area (Å²) in [4.78, 5) is 15.9. The third-order valence-electron chi connectivity index (χ3n) is 2.07. The third kappa shape index (κ3) is 3.37. The van der Waals surface area contributed by atoms with E-state index in [2.05, 4.69) is 42.2 Å². The summed E-state index contributed by atoms with van der Waals surface area (Å²) in [7, 11) is 0. The molecule has 0 spiro atoms. The molecule has 1 amide bonds. The van der Waals surface area contributed by atoms with E-state index in [1.54, 1.807) is 18.3 Å². The van der Waals surface area contributed by atoms with Gasteiger partial charge < -0.3 is 0 Å². The maximum atomic E-state index is 11.9. The molecule has 0 bridgehead atoms. The quantitative estimate of drug-likeness (QED) is 0.822. The smallest absolute Gasteiger partial charge is 0.257 e. The molecule has 2 aromatic rings. The predicted octanol–water partition coefficient (Wildman–Crippen LogP) is 4.05. The topological polar surface area (TPSA) is 42.0 Å². The first kappa shape index (κ1) is 12.7.